The van der Waals surface area contributed by atoms with Crippen molar-refractivity contribution in [2.24, 2.45) is 0 Å². The van der Waals surface area contributed by atoms with Gasteiger partial charge < -0.3 is 20.1 Å². The summed E-state index contributed by atoms with van der Waals surface area (Å²) in [4.78, 5) is 11.1. The number of hydrogen-bond donors (Lipinski definition) is 3. The Bertz CT molecular complexity index is 1100. The van der Waals surface area contributed by atoms with Gasteiger partial charge in [-0.05, 0) is 54.2 Å². The Balaban J connectivity index is 1.53. The predicted octanol–water partition coefficient (Wildman–Crippen LogP) is 5.99. The first-order chi connectivity index (χ1) is 13.9. The Hall–Kier alpha value is -2.89. The minimum absolute atomic E-state index is 0.0732. The molecular formula is C22H16Cl2O5. The second-order valence-electron chi connectivity index (χ2n) is 6.90. The molecule has 148 valence electrons. The van der Waals surface area contributed by atoms with Gasteiger partial charge in [0.1, 0.15) is 28.7 Å². The number of phenolic OH excluding ortho intramolecular Hbond substituents is 3. The van der Waals surface area contributed by atoms with E-state index >= 15 is 0 Å². The van der Waals surface area contributed by atoms with Crippen LogP contribution < -0.4 is 4.74 Å². The third-order valence-corrected chi connectivity index (χ3v) is 5.58. The van der Waals surface area contributed by atoms with Gasteiger partial charge in [0, 0.05) is 16.7 Å². The van der Waals surface area contributed by atoms with Crippen LogP contribution in [0.4, 0.5) is 0 Å². The number of rotatable bonds is 5. The van der Waals surface area contributed by atoms with Crippen molar-refractivity contribution in [3.8, 4) is 28.7 Å². The summed E-state index contributed by atoms with van der Waals surface area (Å²) in [6.07, 6.45) is 1.08. The fourth-order valence-electron chi connectivity index (χ4n) is 3.50. The number of carbonyl (C=O) groups is 1. The molecule has 0 aliphatic heterocycles. The van der Waals surface area contributed by atoms with Crippen molar-refractivity contribution in [2.45, 2.75) is 18.3 Å². The molecule has 3 aromatic rings. The van der Waals surface area contributed by atoms with Gasteiger partial charge in [0.2, 0.25) is 0 Å². The van der Waals surface area contributed by atoms with Gasteiger partial charge >= 0.3 is 0 Å². The van der Waals surface area contributed by atoms with E-state index in [4.69, 9.17) is 27.9 Å². The molecule has 4 rings (SSSR count). The molecule has 0 heterocycles. The number of phenols is 3. The molecule has 0 amide bonds. The van der Waals surface area contributed by atoms with Gasteiger partial charge in [0.15, 0.2) is 6.29 Å². The standard InChI is InChI=1S/C22H16Cl2O5/c23-12-3-6-20(17(24)7-12)29-13-4-1-11(2-5-13)14-8-15(14)21-19(27)9-18(26)16(10-25)22(21)28/h1-7,9-10,14-15,26-28H,8H2. The molecule has 0 spiro atoms. The molecule has 5 nitrogen and oxygen atoms in total. The van der Waals surface area contributed by atoms with Gasteiger partial charge in [-0.15, -0.1) is 0 Å². The fourth-order valence-corrected chi connectivity index (χ4v) is 3.95. The quantitative estimate of drug-likeness (QED) is 0.432. The lowest BCUT2D eigenvalue weighted by atomic mass is 9.99. The first kappa shape index (κ1) is 19.4. The first-order valence-electron chi connectivity index (χ1n) is 8.85. The number of aromatic hydroxyl groups is 3. The van der Waals surface area contributed by atoms with Gasteiger partial charge in [-0.1, -0.05) is 35.3 Å². The minimum atomic E-state index is -0.446. The monoisotopic (exact) mass is 430 g/mol. The van der Waals surface area contributed by atoms with Crippen LogP contribution in [0.15, 0.2) is 48.5 Å². The maximum atomic E-state index is 11.1. The summed E-state index contributed by atoms with van der Waals surface area (Å²) in [6.45, 7) is 0. The fraction of sp³-hybridized carbons (Fsp3) is 0.136. The number of carbonyl (C=O) groups excluding carboxylic acids is 1. The zero-order chi connectivity index (χ0) is 20.7. The Labute approximate surface area is 176 Å². The van der Waals surface area contributed by atoms with E-state index in [-0.39, 0.29) is 34.5 Å². The molecule has 1 saturated carbocycles. The van der Waals surface area contributed by atoms with E-state index < -0.39 is 5.75 Å². The molecule has 2 atom stereocenters. The van der Waals surface area contributed by atoms with Crippen LogP contribution in [0.25, 0.3) is 0 Å². The molecule has 29 heavy (non-hydrogen) atoms. The highest BCUT2D eigenvalue weighted by molar-refractivity contribution is 6.35. The number of aldehydes is 1. The topological polar surface area (TPSA) is 87.0 Å². The maximum absolute atomic E-state index is 11.1. The molecule has 0 radical (unpaired) electrons. The summed E-state index contributed by atoms with van der Waals surface area (Å²) >= 11 is 12.0. The minimum Gasteiger partial charge on any atom is -0.507 e. The summed E-state index contributed by atoms with van der Waals surface area (Å²) in [5, 5.41) is 31.0. The third-order valence-electron chi connectivity index (χ3n) is 5.04. The van der Waals surface area contributed by atoms with E-state index in [2.05, 4.69) is 0 Å². The average molecular weight is 431 g/mol. The average Bonchev–Trinajstić information content (AvgIpc) is 3.45. The molecule has 1 aliphatic rings. The summed E-state index contributed by atoms with van der Waals surface area (Å²) in [5.74, 6) is -0.0194. The summed E-state index contributed by atoms with van der Waals surface area (Å²) in [5.41, 5.74) is 1.07. The molecular weight excluding hydrogens is 415 g/mol. The summed E-state index contributed by atoms with van der Waals surface area (Å²) in [7, 11) is 0. The highest BCUT2D eigenvalue weighted by atomic mass is 35.5. The lowest BCUT2D eigenvalue weighted by Gasteiger charge is -2.11. The molecule has 1 fully saturated rings. The lowest BCUT2D eigenvalue weighted by molar-refractivity contribution is 0.111. The van der Waals surface area contributed by atoms with Crippen molar-refractivity contribution in [3.63, 3.8) is 0 Å². The second kappa shape index (κ2) is 7.50. The Morgan fingerprint density at radius 1 is 0.931 bits per heavy atom. The van der Waals surface area contributed by atoms with E-state index in [1.807, 2.05) is 24.3 Å². The number of halogens is 2. The van der Waals surface area contributed by atoms with Crippen LogP contribution in [-0.2, 0) is 0 Å². The number of benzene rings is 3. The van der Waals surface area contributed by atoms with Crippen LogP contribution >= 0.6 is 23.2 Å². The van der Waals surface area contributed by atoms with Crippen LogP contribution in [0.2, 0.25) is 10.0 Å². The lowest BCUT2D eigenvalue weighted by Crippen LogP contribution is -1.92. The van der Waals surface area contributed by atoms with Gasteiger partial charge in [0.05, 0.1) is 10.6 Å². The zero-order valence-corrected chi connectivity index (χ0v) is 16.5. The second-order valence-corrected chi connectivity index (χ2v) is 7.75. The van der Waals surface area contributed by atoms with Gasteiger partial charge in [-0.2, -0.15) is 0 Å². The molecule has 0 bridgehead atoms. The number of hydrogen-bond acceptors (Lipinski definition) is 5. The largest absolute Gasteiger partial charge is 0.507 e. The molecule has 3 N–H and O–H groups in total. The van der Waals surface area contributed by atoms with Crippen molar-refractivity contribution in [1.29, 1.82) is 0 Å². The smallest absolute Gasteiger partial charge is 0.157 e. The van der Waals surface area contributed by atoms with Crippen molar-refractivity contribution < 1.29 is 24.9 Å². The molecule has 2 unspecified atom stereocenters. The van der Waals surface area contributed by atoms with E-state index in [0.717, 1.165) is 11.6 Å². The molecule has 3 aromatic carbocycles. The predicted molar refractivity (Wildman–Crippen MR) is 110 cm³/mol. The van der Waals surface area contributed by atoms with Crippen LogP contribution in [-0.4, -0.2) is 21.6 Å². The maximum Gasteiger partial charge on any atom is 0.157 e. The van der Waals surface area contributed by atoms with Crippen molar-refractivity contribution in [1.82, 2.24) is 0 Å². The zero-order valence-electron chi connectivity index (χ0n) is 15.0. The van der Waals surface area contributed by atoms with Gasteiger partial charge in [-0.25, -0.2) is 0 Å². The van der Waals surface area contributed by atoms with Crippen molar-refractivity contribution in [2.75, 3.05) is 0 Å². The van der Waals surface area contributed by atoms with Crippen LogP contribution in [0.1, 0.15) is 39.7 Å². The highest BCUT2D eigenvalue weighted by Gasteiger charge is 2.43. The molecule has 0 aromatic heterocycles. The molecule has 0 saturated heterocycles. The van der Waals surface area contributed by atoms with E-state index in [1.165, 1.54) is 0 Å². The van der Waals surface area contributed by atoms with Crippen molar-refractivity contribution in [3.05, 3.63) is 75.3 Å². The van der Waals surface area contributed by atoms with Crippen LogP contribution in [0, 0.1) is 0 Å². The third kappa shape index (κ3) is 3.71. The number of ether oxygens (including phenoxy) is 1. The van der Waals surface area contributed by atoms with E-state index in [9.17, 15) is 20.1 Å². The normalized spacial score (nSPS) is 17.7. The van der Waals surface area contributed by atoms with E-state index in [1.54, 1.807) is 18.2 Å². The SMILES string of the molecule is O=Cc1c(O)cc(O)c(C2CC2c2ccc(Oc3ccc(Cl)cc3Cl)cc2)c1O. The van der Waals surface area contributed by atoms with Gasteiger partial charge in [-0.3, -0.25) is 4.79 Å². The van der Waals surface area contributed by atoms with Crippen LogP contribution in [0.3, 0.4) is 0 Å². The van der Waals surface area contributed by atoms with Crippen molar-refractivity contribution >= 4 is 29.5 Å². The Morgan fingerprint density at radius 2 is 1.66 bits per heavy atom. The highest BCUT2D eigenvalue weighted by Crippen LogP contribution is 2.60. The summed E-state index contributed by atoms with van der Waals surface area (Å²) < 4.78 is 5.78. The first-order valence-corrected chi connectivity index (χ1v) is 9.60. The van der Waals surface area contributed by atoms with E-state index in [0.29, 0.717) is 34.3 Å². The molecule has 7 heteroatoms. The molecule has 1 aliphatic carbocycles. The van der Waals surface area contributed by atoms with Crippen LogP contribution in [0.5, 0.6) is 28.7 Å². The Morgan fingerprint density at radius 3 is 2.31 bits per heavy atom. The summed E-state index contributed by atoms with van der Waals surface area (Å²) in [6, 6.07) is 13.5. The Kier molecular flexibility index (Phi) is 5.03. The van der Waals surface area contributed by atoms with Gasteiger partial charge in [0.25, 0.3) is 0 Å².